The minimum atomic E-state index is -1.04. The van der Waals surface area contributed by atoms with Crippen LogP contribution < -0.4 is 4.74 Å². The van der Waals surface area contributed by atoms with Crippen molar-refractivity contribution in [2.45, 2.75) is 20.0 Å². The Kier molecular flexibility index (Phi) is 3.32. The van der Waals surface area contributed by atoms with Crippen molar-refractivity contribution < 1.29 is 14.6 Å². The number of carbonyl (C=O) groups is 1. The van der Waals surface area contributed by atoms with Gasteiger partial charge in [-0.2, -0.15) is 0 Å². The van der Waals surface area contributed by atoms with Crippen LogP contribution in [0.1, 0.15) is 24.3 Å². The molecule has 1 aromatic heterocycles. The zero-order valence-electron chi connectivity index (χ0n) is 10.2. The zero-order valence-corrected chi connectivity index (χ0v) is 10.2. The summed E-state index contributed by atoms with van der Waals surface area (Å²) in [5.41, 5.74) is 0.769. The molecule has 0 atom stereocenters. The molecule has 0 saturated heterocycles. The number of ether oxygens (including phenoxy) is 1. The molecule has 5 nitrogen and oxygen atoms in total. The summed E-state index contributed by atoms with van der Waals surface area (Å²) in [4.78, 5) is 11.2. The van der Waals surface area contributed by atoms with Gasteiger partial charge in [-0.15, -0.1) is 5.10 Å². The minimum absolute atomic E-state index is 0.0502. The third-order valence-corrected chi connectivity index (χ3v) is 2.26. The maximum Gasteiger partial charge on any atom is 0.354 e. The van der Waals surface area contributed by atoms with Crippen molar-refractivity contribution in [1.29, 1.82) is 0 Å². The number of aromatic nitrogens is 2. The second-order valence-electron chi connectivity index (χ2n) is 4.09. The highest BCUT2D eigenvalue weighted by atomic mass is 16.5. The van der Waals surface area contributed by atoms with Gasteiger partial charge in [0, 0.05) is 6.07 Å². The summed E-state index contributed by atoms with van der Waals surface area (Å²) in [5.74, 6) is -0.726. The number of rotatable bonds is 4. The molecule has 0 saturated carbocycles. The summed E-state index contributed by atoms with van der Waals surface area (Å²) in [6.07, 6.45) is -0.0502. The fourth-order valence-corrected chi connectivity index (χ4v) is 1.58. The molecule has 0 aliphatic carbocycles. The highest BCUT2D eigenvalue weighted by molar-refractivity contribution is 5.86. The van der Waals surface area contributed by atoms with Crippen LogP contribution in [-0.2, 0) is 0 Å². The number of hydrogen-bond donors (Lipinski definition) is 1. The van der Waals surface area contributed by atoms with Crippen LogP contribution in [0.15, 0.2) is 36.4 Å². The molecule has 1 heterocycles. The van der Waals surface area contributed by atoms with Crippen LogP contribution in [0.2, 0.25) is 0 Å². The Labute approximate surface area is 105 Å². The van der Waals surface area contributed by atoms with Gasteiger partial charge in [0.1, 0.15) is 0 Å². The predicted octanol–water partition coefficient (Wildman–Crippen LogP) is 2.36. The van der Waals surface area contributed by atoms with E-state index >= 15 is 0 Å². The van der Waals surface area contributed by atoms with Crippen molar-refractivity contribution in [1.82, 2.24) is 9.78 Å². The first-order valence-corrected chi connectivity index (χ1v) is 5.63. The van der Waals surface area contributed by atoms with E-state index in [1.54, 1.807) is 12.1 Å². The maximum atomic E-state index is 11.2. The van der Waals surface area contributed by atoms with Crippen molar-refractivity contribution >= 4 is 5.97 Å². The highest BCUT2D eigenvalue weighted by Crippen LogP contribution is 2.18. The molecule has 18 heavy (non-hydrogen) atoms. The first kappa shape index (κ1) is 12.2. The molecule has 0 amide bonds. The van der Waals surface area contributed by atoms with E-state index in [1.807, 2.05) is 32.0 Å². The number of hydrogen-bond acceptors (Lipinski definition) is 3. The summed E-state index contributed by atoms with van der Waals surface area (Å²) >= 11 is 0. The van der Waals surface area contributed by atoms with Gasteiger partial charge in [-0.25, -0.2) is 9.48 Å². The van der Waals surface area contributed by atoms with Crippen molar-refractivity contribution in [2.24, 2.45) is 0 Å². The van der Waals surface area contributed by atoms with Gasteiger partial charge in [0.2, 0.25) is 5.88 Å². The molecule has 0 aliphatic rings. The van der Waals surface area contributed by atoms with Crippen molar-refractivity contribution in [3.8, 4) is 11.6 Å². The topological polar surface area (TPSA) is 64.3 Å². The molecule has 1 aromatic carbocycles. The van der Waals surface area contributed by atoms with Gasteiger partial charge in [0.15, 0.2) is 5.69 Å². The van der Waals surface area contributed by atoms with Gasteiger partial charge in [-0.3, -0.25) is 0 Å². The molecule has 1 N–H and O–H groups in total. The van der Waals surface area contributed by atoms with E-state index in [9.17, 15) is 4.79 Å². The number of para-hydroxylation sites is 1. The molecular weight excluding hydrogens is 232 g/mol. The lowest BCUT2D eigenvalue weighted by Crippen LogP contribution is -2.08. The minimum Gasteiger partial charge on any atom is -0.477 e. The summed E-state index contributed by atoms with van der Waals surface area (Å²) in [6, 6.07) is 10.5. The van der Waals surface area contributed by atoms with Gasteiger partial charge in [0.05, 0.1) is 11.8 Å². The first-order valence-electron chi connectivity index (χ1n) is 5.63. The van der Waals surface area contributed by atoms with E-state index in [4.69, 9.17) is 9.84 Å². The van der Waals surface area contributed by atoms with Crippen molar-refractivity contribution in [3.63, 3.8) is 0 Å². The number of carboxylic acids is 1. The van der Waals surface area contributed by atoms with E-state index in [1.165, 1.54) is 10.7 Å². The molecule has 0 fully saturated rings. The van der Waals surface area contributed by atoms with Crippen LogP contribution in [-0.4, -0.2) is 27.0 Å². The van der Waals surface area contributed by atoms with Crippen LogP contribution >= 0.6 is 0 Å². The van der Waals surface area contributed by atoms with E-state index in [-0.39, 0.29) is 11.8 Å². The lowest BCUT2D eigenvalue weighted by molar-refractivity contribution is 0.0687. The number of carboxylic acid groups (broad SMARTS) is 1. The van der Waals surface area contributed by atoms with Gasteiger partial charge in [0.25, 0.3) is 0 Å². The number of aromatic carboxylic acids is 1. The molecule has 5 heteroatoms. The van der Waals surface area contributed by atoms with Crippen molar-refractivity contribution in [2.75, 3.05) is 0 Å². The Morgan fingerprint density at radius 3 is 2.56 bits per heavy atom. The largest absolute Gasteiger partial charge is 0.477 e. The smallest absolute Gasteiger partial charge is 0.354 e. The monoisotopic (exact) mass is 246 g/mol. The third-order valence-electron chi connectivity index (χ3n) is 2.26. The second kappa shape index (κ2) is 4.91. The maximum absolute atomic E-state index is 11.2. The Morgan fingerprint density at radius 2 is 2.00 bits per heavy atom. The predicted molar refractivity (Wildman–Crippen MR) is 66.3 cm³/mol. The average molecular weight is 246 g/mol. The molecule has 0 unspecified atom stereocenters. The molecule has 0 aliphatic heterocycles. The Hall–Kier alpha value is -2.30. The van der Waals surface area contributed by atoms with E-state index < -0.39 is 5.97 Å². The number of benzene rings is 1. The molecule has 0 radical (unpaired) electrons. The lowest BCUT2D eigenvalue weighted by Gasteiger charge is -2.05. The molecule has 2 aromatic rings. The third kappa shape index (κ3) is 2.51. The Morgan fingerprint density at radius 1 is 1.33 bits per heavy atom. The van der Waals surface area contributed by atoms with Crippen LogP contribution in [0, 0.1) is 0 Å². The van der Waals surface area contributed by atoms with E-state index in [2.05, 4.69) is 5.10 Å². The van der Waals surface area contributed by atoms with E-state index in [0.717, 1.165) is 0 Å². The summed E-state index contributed by atoms with van der Waals surface area (Å²) in [5, 5.41) is 13.3. The quantitative estimate of drug-likeness (QED) is 0.899. The molecule has 94 valence electrons. The summed E-state index contributed by atoms with van der Waals surface area (Å²) in [6.45, 7) is 3.73. The first-order chi connectivity index (χ1) is 8.58. The SMILES string of the molecule is CC(C)Oc1cc(C(=O)O)n(-c2ccccc2)n1. The Bertz CT molecular complexity index is 547. The number of nitrogens with zero attached hydrogens (tertiary/aromatic N) is 2. The standard InChI is InChI=1S/C13H14N2O3/c1-9(2)18-12-8-11(13(16)17)15(14-12)10-6-4-3-5-7-10/h3-9H,1-2H3,(H,16,17). The summed E-state index contributed by atoms with van der Waals surface area (Å²) < 4.78 is 6.77. The van der Waals surface area contributed by atoms with E-state index in [0.29, 0.717) is 11.6 Å². The molecule has 2 rings (SSSR count). The van der Waals surface area contributed by atoms with Gasteiger partial charge in [-0.05, 0) is 26.0 Å². The highest BCUT2D eigenvalue weighted by Gasteiger charge is 2.16. The van der Waals surface area contributed by atoms with Gasteiger partial charge in [-0.1, -0.05) is 18.2 Å². The molecule has 0 bridgehead atoms. The van der Waals surface area contributed by atoms with Gasteiger partial charge >= 0.3 is 5.97 Å². The van der Waals surface area contributed by atoms with Crippen LogP contribution in [0.3, 0.4) is 0 Å². The average Bonchev–Trinajstić information content (AvgIpc) is 2.73. The second-order valence-corrected chi connectivity index (χ2v) is 4.09. The molecular formula is C13H14N2O3. The fourth-order valence-electron chi connectivity index (χ4n) is 1.58. The normalized spacial score (nSPS) is 10.6. The lowest BCUT2D eigenvalue weighted by atomic mass is 10.3. The summed E-state index contributed by atoms with van der Waals surface area (Å²) in [7, 11) is 0. The molecule has 0 spiro atoms. The van der Waals surface area contributed by atoms with Crippen molar-refractivity contribution in [3.05, 3.63) is 42.1 Å². The van der Waals surface area contributed by atoms with Crippen LogP contribution in [0.5, 0.6) is 5.88 Å². The zero-order chi connectivity index (χ0) is 13.1. The van der Waals surface area contributed by atoms with Gasteiger partial charge < -0.3 is 9.84 Å². The van der Waals surface area contributed by atoms with Crippen LogP contribution in [0.25, 0.3) is 5.69 Å². The Balaban J connectivity index is 2.45. The van der Waals surface area contributed by atoms with Crippen LogP contribution in [0.4, 0.5) is 0 Å². The fraction of sp³-hybridized carbons (Fsp3) is 0.231.